The Balaban J connectivity index is 1.87. The first-order valence-electron chi connectivity index (χ1n) is 6.97. The lowest BCUT2D eigenvalue weighted by Gasteiger charge is -2.21. The van der Waals surface area contributed by atoms with Crippen LogP contribution in [0.2, 0.25) is 5.02 Å². The van der Waals surface area contributed by atoms with Crippen molar-refractivity contribution in [2.75, 3.05) is 13.2 Å². The Hall–Kier alpha value is -1.71. The molecule has 4 heteroatoms. The van der Waals surface area contributed by atoms with Crippen molar-refractivity contribution in [3.05, 3.63) is 58.1 Å². The first-order chi connectivity index (χ1) is 10.1. The van der Waals surface area contributed by atoms with Gasteiger partial charge in [0.1, 0.15) is 13.2 Å². The molecule has 1 aliphatic heterocycles. The van der Waals surface area contributed by atoms with Crippen molar-refractivity contribution in [2.45, 2.75) is 19.4 Å². The highest BCUT2D eigenvalue weighted by atomic mass is 35.5. The van der Waals surface area contributed by atoms with Gasteiger partial charge in [0.15, 0.2) is 11.5 Å². The summed E-state index contributed by atoms with van der Waals surface area (Å²) in [6, 6.07) is 11.5. The Labute approximate surface area is 129 Å². The monoisotopic (exact) mass is 304 g/mol. The average molecular weight is 305 g/mol. The Morgan fingerprint density at radius 1 is 1.14 bits per heavy atom. The molecule has 3 rings (SSSR count). The summed E-state index contributed by atoms with van der Waals surface area (Å²) in [5.41, 5.74) is 2.94. The fourth-order valence-corrected chi connectivity index (χ4v) is 2.77. The minimum atomic E-state index is -0.672. The summed E-state index contributed by atoms with van der Waals surface area (Å²) in [7, 11) is 0. The number of aryl methyl sites for hydroxylation is 1. The Morgan fingerprint density at radius 2 is 1.81 bits per heavy atom. The van der Waals surface area contributed by atoms with Crippen LogP contribution >= 0.6 is 11.6 Å². The summed E-state index contributed by atoms with van der Waals surface area (Å²) < 4.78 is 11.0. The van der Waals surface area contributed by atoms with E-state index in [1.54, 1.807) is 12.1 Å². The van der Waals surface area contributed by atoms with Crippen LogP contribution in [0.3, 0.4) is 0 Å². The first kappa shape index (κ1) is 14.2. The van der Waals surface area contributed by atoms with Crippen LogP contribution in [0.5, 0.6) is 11.5 Å². The number of aliphatic hydroxyl groups is 1. The standard InChI is InChI=1S/C17H17ClO3/c1-11-4-2-3-5-12(11)8-15(19)13-9-16-17(10-14(13)18)21-7-6-20-16/h2-5,9-10,15,19H,6-8H2,1H3. The molecule has 1 heterocycles. The zero-order valence-corrected chi connectivity index (χ0v) is 12.6. The lowest BCUT2D eigenvalue weighted by molar-refractivity contribution is 0.164. The molecular weight excluding hydrogens is 288 g/mol. The molecule has 0 aliphatic carbocycles. The zero-order chi connectivity index (χ0) is 14.8. The van der Waals surface area contributed by atoms with Crippen molar-refractivity contribution in [3.63, 3.8) is 0 Å². The SMILES string of the molecule is Cc1ccccc1CC(O)c1cc2c(cc1Cl)OCCO2. The third-order valence-electron chi connectivity index (χ3n) is 3.70. The van der Waals surface area contributed by atoms with Gasteiger partial charge in [-0.3, -0.25) is 0 Å². The van der Waals surface area contributed by atoms with E-state index in [0.29, 0.717) is 41.7 Å². The first-order valence-corrected chi connectivity index (χ1v) is 7.34. The van der Waals surface area contributed by atoms with Gasteiger partial charge in [-0.2, -0.15) is 0 Å². The summed E-state index contributed by atoms with van der Waals surface area (Å²) >= 11 is 6.27. The van der Waals surface area contributed by atoms with Crippen molar-refractivity contribution in [1.82, 2.24) is 0 Å². The van der Waals surface area contributed by atoms with Gasteiger partial charge in [-0.05, 0) is 24.1 Å². The summed E-state index contributed by atoms with van der Waals surface area (Å²) in [5.74, 6) is 1.28. The molecule has 0 radical (unpaired) electrons. The molecule has 0 fully saturated rings. The third kappa shape index (κ3) is 2.99. The highest BCUT2D eigenvalue weighted by molar-refractivity contribution is 6.31. The van der Waals surface area contributed by atoms with Gasteiger partial charge in [-0.1, -0.05) is 35.9 Å². The highest BCUT2D eigenvalue weighted by Crippen LogP contribution is 2.38. The number of aliphatic hydroxyl groups excluding tert-OH is 1. The van der Waals surface area contributed by atoms with Crippen molar-refractivity contribution in [1.29, 1.82) is 0 Å². The van der Waals surface area contributed by atoms with Gasteiger partial charge >= 0.3 is 0 Å². The van der Waals surface area contributed by atoms with Gasteiger partial charge in [0.05, 0.1) is 11.1 Å². The molecule has 21 heavy (non-hydrogen) atoms. The number of benzene rings is 2. The molecule has 1 unspecified atom stereocenters. The van der Waals surface area contributed by atoms with E-state index in [4.69, 9.17) is 21.1 Å². The van der Waals surface area contributed by atoms with E-state index in [9.17, 15) is 5.11 Å². The second-order valence-corrected chi connectivity index (χ2v) is 5.57. The Morgan fingerprint density at radius 3 is 2.52 bits per heavy atom. The van der Waals surface area contributed by atoms with Gasteiger partial charge in [-0.25, -0.2) is 0 Å². The van der Waals surface area contributed by atoms with E-state index in [0.717, 1.165) is 11.1 Å². The van der Waals surface area contributed by atoms with Crippen LogP contribution in [-0.2, 0) is 6.42 Å². The van der Waals surface area contributed by atoms with Crippen molar-refractivity contribution in [2.24, 2.45) is 0 Å². The van der Waals surface area contributed by atoms with Crippen molar-refractivity contribution < 1.29 is 14.6 Å². The molecule has 0 aromatic heterocycles. The smallest absolute Gasteiger partial charge is 0.162 e. The maximum absolute atomic E-state index is 10.5. The third-order valence-corrected chi connectivity index (χ3v) is 4.02. The van der Waals surface area contributed by atoms with E-state index < -0.39 is 6.10 Å². The van der Waals surface area contributed by atoms with Crippen LogP contribution in [0.1, 0.15) is 22.8 Å². The number of halogens is 1. The molecule has 0 amide bonds. The summed E-state index contributed by atoms with van der Waals surface area (Å²) in [4.78, 5) is 0. The topological polar surface area (TPSA) is 38.7 Å². The normalized spacial score (nSPS) is 14.8. The van der Waals surface area contributed by atoms with Crippen LogP contribution in [0.4, 0.5) is 0 Å². The largest absolute Gasteiger partial charge is 0.486 e. The molecule has 0 saturated heterocycles. The second-order valence-electron chi connectivity index (χ2n) is 5.16. The summed E-state index contributed by atoms with van der Waals surface area (Å²) in [6.45, 7) is 3.07. The van der Waals surface area contributed by atoms with Crippen LogP contribution < -0.4 is 9.47 Å². The number of hydrogen-bond acceptors (Lipinski definition) is 3. The summed E-state index contributed by atoms with van der Waals surface area (Å²) in [5, 5.41) is 11.0. The quantitative estimate of drug-likeness (QED) is 0.940. The molecule has 110 valence electrons. The molecule has 0 spiro atoms. The maximum atomic E-state index is 10.5. The lowest BCUT2D eigenvalue weighted by atomic mass is 9.98. The fraction of sp³-hybridized carbons (Fsp3) is 0.294. The fourth-order valence-electron chi connectivity index (χ4n) is 2.49. The van der Waals surface area contributed by atoms with Gasteiger partial charge in [0, 0.05) is 18.1 Å². The number of fused-ring (bicyclic) bond motifs is 1. The molecule has 1 aliphatic rings. The van der Waals surface area contributed by atoms with E-state index in [1.807, 2.05) is 31.2 Å². The van der Waals surface area contributed by atoms with Crippen molar-refractivity contribution >= 4 is 11.6 Å². The molecule has 3 nitrogen and oxygen atoms in total. The van der Waals surface area contributed by atoms with E-state index in [2.05, 4.69) is 0 Å². The molecule has 2 aromatic rings. The second kappa shape index (κ2) is 5.96. The van der Waals surface area contributed by atoms with Gasteiger partial charge in [0.25, 0.3) is 0 Å². The summed E-state index contributed by atoms with van der Waals surface area (Å²) in [6.07, 6.45) is -0.152. The van der Waals surface area contributed by atoms with Crippen LogP contribution in [0.15, 0.2) is 36.4 Å². The number of ether oxygens (including phenoxy) is 2. The predicted octanol–water partition coefficient (Wildman–Crippen LogP) is 3.70. The van der Waals surface area contributed by atoms with Crippen LogP contribution in [0.25, 0.3) is 0 Å². The van der Waals surface area contributed by atoms with E-state index >= 15 is 0 Å². The molecule has 0 saturated carbocycles. The van der Waals surface area contributed by atoms with Gasteiger partial charge in [0.2, 0.25) is 0 Å². The van der Waals surface area contributed by atoms with Crippen LogP contribution in [-0.4, -0.2) is 18.3 Å². The number of rotatable bonds is 3. The molecule has 1 atom stereocenters. The Kier molecular flexibility index (Phi) is 4.04. The minimum Gasteiger partial charge on any atom is -0.486 e. The highest BCUT2D eigenvalue weighted by Gasteiger charge is 2.19. The maximum Gasteiger partial charge on any atom is 0.162 e. The number of hydrogen-bond donors (Lipinski definition) is 1. The van der Waals surface area contributed by atoms with E-state index in [-0.39, 0.29) is 0 Å². The zero-order valence-electron chi connectivity index (χ0n) is 11.8. The molecular formula is C17H17ClO3. The molecule has 2 aromatic carbocycles. The average Bonchev–Trinajstić information content (AvgIpc) is 2.49. The minimum absolute atomic E-state index is 0.500. The van der Waals surface area contributed by atoms with Crippen molar-refractivity contribution in [3.8, 4) is 11.5 Å². The van der Waals surface area contributed by atoms with Gasteiger partial charge < -0.3 is 14.6 Å². The lowest BCUT2D eigenvalue weighted by Crippen LogP contribution is -2.16. The van der Waals surface area contributed by atoms with E-state index in [1.165, 1.54) is 0 Å². The van der Waals surface area contributed by atoms with Crippen LogP contribution in [0, 0.1) is 6.92 Å². The Bertz CT molecular complexity index is 654. The predicted molar refractivity (Wildman–Crippen MR) is 82.3 cm³/mol. The molecule has 0 bridgehead atoms. The van der Waals surface area contributed by atoms with Gasteiger partial charge in [-0.15, -0.1) is 0 Å². The molecule has 1 N–H and O–H groups in total.